The SMILES string of the molecule is CC1=CN(C)C2NC=NC=C2C1Nc1ccc(I)cc1F. The summed E-state index contributed by atoms with van der Waals surface area (Å²) in [6, 6.07) is 5.13. The number of fused-ring (bicyclic) bond motifs is 1. The quantitative estimate of drug-likeness (QED) is 0.753. The Morgan fingerprint density at radius 2 is 2.24 bits per heavy atom. The van der Waals surface area contributed by atoms with E-state index in [0.29, 0.717) is 5.69 Å². The van der Waals surface area contributed by atoms with Crippen LogP contribution in [0.5, 0.6) is 0 Å². The Hall–Kier alpha value is -1.57. The lowest BCUT2D eigenvalue weighted by atomic mass is 9.93. The number of nitrogens with zero attached hydrogens (tertiary/aromatic N) is 2. The summed E-state index contributed by atoms with van der Waals surface area (Å²) in [4.78, 5) is 6.26. The summed E-state index contributed by atoms with van der Waals surface area (Å²) in [5.41, 5.74) is 2.71. The average molecular weight is 398 g/mol. The third-order valence-electron chi connectivity index (χ3n) is 3.68. The number of anilines is 1. The van der Waals surface area contributed by atoms with Crippen molar-refractivity contribution in [3.8, 4) is 0 Å². The molecule has 0 fully saturated rings. The summed E-state index contributed by atoms with van der Waals surface area (Å²) in [7, 11) is 2.01. The summed E-state index contributed by atoms with van der Waals surface area (Å²) in [6.45, 7) is 2.04. The molecule has 0 amide bonds. The first-order valence-electron chi connectivity index (χ1n) is 6.66. The number of nitrogens with one attached hydrogen (secondary N) is 2. The van der Waals surface area contributed by atoms with Crippen LogP contribution in [-0.4, -0.2) is 30.5 Å². The highest BCUT2D eigenvalue weighted by Gasteiger charge is 2.31. The second kappa shape index (κ2) is 5.67. The Morgan fingerprint density at radius 1 is 1.43 bits per heavy atom. The van der Waals surface area contributed by atoms with E-state index in [-0.39, 0.29) is 18.0 Å². The van der Waals surface area contributed by atoms with Gasteiger partial charge in [0.15, 0.2) is 0 Å². The van der Waals surface area contributed by atoms with Crippen molar-refractivity contribution in [2.45, 2.75) is 19.1 Å². The lowest BCUT2D eigenvalue weighted by molar-refractivity contribution is 0.323. The van der Waals surface area contributed by atoms with E-state index >= 15 is 0 Å². The molecular weight excluding hydrogens is 382 g/mol. The first-order chi connectivity index (χ1) is 10.1. The fourth-order valence-corrected chi connectivity index (χ4v) is 3.13. The monoisotopic (exact) mass is 398 g/mol. The first kappa shape index (κ1) is 14.4. The van der Waals surface area contributed by atoms with Gasteiger partial charge in [0.25, 0.3) is 0 Å². The molecule has 21 heavy (non-hydrogen) atoms. The molecule has 0 spiro atoms. The molecule has 0 aromatic heterocycles. The molecule has 1 aromatic carbocycles. The van der Waals surface area contributed by atoms with Gasteiger partial charge < -0.3 is 15.5 Å². The Labute approximate surface area is 137 Å². The van der Waals surface area contributed by atoms with Gasteiger partial charge in [-0.1, -0.05) is 0 Å². The van der Waals surface area contributed by atoms with Crippen LogP contribution in [-0.2, 0) is 0 Å². The van der Waals surface area contributed by atoms with Crippen molar-refractivity contribution < 1.29 is 4.39 Å². The van der Waals surface area contributed by atoms with Crippen molar-refractivity contribution >= 4 is 34.6 Å². The Balaban J connectivity index is 1.94. The van der Waals surface area contributed by atoms with Gasteiger partial charge in [0.05, 0.1) is 18.1 Å². The average Bonchev–Trinajstić information content (AvgIpc) is 2.45. The Bertz CT molecular complexity index is 653. The molecule has 2 aliphatic heterocycles. The molecule has 0 bridgehead atoms. The Kier molecular flexibility index (Phi) is 3.88. The molecule has 2 aliphatic rings. The van der Waals surface area contributed by atoms with Crippen LogP contribution in [0.2, 0.25) is 0 Å². The molecule has 0 aliphatic carbocycles. The van der Waals surface area contributed by atoms with Crippen molar-refractivity contribution in [2.75, 3.05) is 12.4 Å². The molecule has 1 aromatic rings. The highest BCUT2D eigenvalue weighted by atomic mass is 127. The van der Waals surface area contributed by atoms with E-state index in [1.165, 1.54) is 6.07 Å². The van der Waals surface area contributed by atoms with E-state index in [9.17, 15) is 4.39 Å². The number of likely N-dealkylation sites (N-methyl/N-ethyl adjacent to an activating group) is 1. The van der Waals surface area contributed by atoms with E-state index in [0.717, 1.165) is 14.7 Å². The molecule has 3 rings (SSSR count). The minimum Gasteiger partial charge on any atom is -0.372 e. The van der Waals surface area contributed by atoms with Gasteiger partial charge in [0.1, 0.15) is 12.0 Å². The number of halogens is 2. The van der Waals surface area contributed by atoms with Gasteiger partial charge in [-0.15, -0.1) is 0 Å². The molecule has 2 N–H and O–H groups in total. The van der Waals surface area contributed by atoms with Gasteiger partial charge in [-0.25, -0.2) is 9.38 Å². The van der Waals surface area contributed by atoms with E-state index < -0.39 is 0 Å². The molecular formula is C15H16FIN4. The number of aliphatic imine (C=N–C) groups is 1. The standard InChI is InChI=1S/C15H16FIN4/c1-9-7-21(2)15-11(6-18-8-19-15)14(9)20-13-4-3-10(17)5-12(13)16/h3-8,14-15,20H,1-2H3,(H,18,19). The molecule has 0 radical (unpaired) electrons. The topological polar surface area (TPSA) is 39.7 Å². The number of hydrogen-bond donors (Lipinski definition) is 2. The van der Waals surface area contributed by atoms with E-state index in [1.54, 1.807) is 12.4 Å². The number of hydrogen-bond acceptors (Lipinski definition) is 4. The van der Waals surface area contributed by atoms with Gasteiger partial charge in [-0.2, -0.15) is 0 Å². The van der Waals surface area contributed by atoms with Crippen LogP contribution in [0.1, 0.15) is 6.92 Å². The summed E-state index contributed by atoms with van der Waals surface area (Å²) in [5, 5.41) is 6.51. The lowest BCUT2D eigenvalue weighted by Crippen LogP contribution is -2.51. The Morgan fingerprint density at radius 3 is 3.00 bits per heavy atom. The fraction of sp³-hybridized carbons (Fsp3) is 0.267. The molecule has 2 heterocycles. The molecule has 2 unspecified atom stereocenters. The van der Waals surface area contributed by atoms with Crippen molar-refractivity contribution in [1.82, 2.24) is 10.2 Å². The molecule has 0 saturated carbocycles. The van der Waals surface area contributed by atoms with Crippen LogP contribution < -0.4 is 10.6 Å². The smallest absolute Gasteiger partial charge is 0.147 e. The van der Waals surface area contributed by atoms with Gasteiger partial charge in [0, 0.05) is 28.6 Å². The zero-order chi connectivity index (χ0) is 15.0. The zero-order valence-electron chi connectivity index (χ0n) is 11.8. The fourth-order valence-electron chi connectivity index (χ4n) is 2.68. The minimum absolute atomic E-state index is 0.0515. The molecule has 110 valence electrons. The summed E-state index contributed by atoms with van der Waals surface area (Å²) in [5.74, 6) is -0.238. The first-order valence-corrected chi connectivity index (χ1v) is 7.73. The van der Waals surface area contributed by atoms with Crippen LogP contribution in [0.25, 0.3) is 0 Å². The largest absolute Gasteiger partial charge is 0.372 e. The molecule has 6 heteroatoms. The number of benzene rings is 1. The zero-order valence-corrected chi connectivity index (χ0v) is 13.9. The molecule has 0 saturated heterocycles. The molecule has 2 atom stereocenters. The van der Waals surface area contributed by atoms with Gasteiger partial charge in [-0.05, 0) is 53.3 Å². The normalized spacial score (nSPS) is 23.9. The van der Waals surface area contributed by atoms with Crippen LogP contribution in [0, 0.1) is 9.39 Å². The minimum atomic E-state index is -0.238. The highest BCUT2D eigenvalue weighted by molar-refractivity contribution is 14.1. The van der Waals surface area contributed by atoms with Crippen molar-refractivity contribution in [3.63, 3.8) is 0 Å². The second-order valence-corrected chi connectivity index (χ2v) is 6.46. The van der Waals surface area contributed by atoms with Crippen molar-refractivity contribution in [1.29, 1.82) is 0 Å². The third kappa shape index (κ3) is 2.76. The van der Waals surface area contributed by atoms with E-state index in [1.807, 2.05) is 26.2 Å². The van der Waals surface area contributed by atoms with Crippen LogP contribution in [0.4, 0.5) is 10.1 Å². The van der Waals surface area contributed by atoms with Gasteiger partial charge in [-0.3, -0.25) is 0 Å². The van der Waals surface area contributed by atoms with Crippen LogP contribution in [0.15, 0.2) is 46.7 Å². The van der Waals surface area contributed by atoms with Crippen molar-refractivity contribution in [2.24, 2.45) is 4.99 Å². The maximum absolute atomic E-state index is 14.1. The third-order valence-corrected chi connectivity index (χ3v) is 4.35. The van der Waals surface area contributed by atoms with Gasteiger partial charge in [0.2, 0.25) is 0 Å². The summed E-state index contributed by atoms with van der Waals surface area (Å²) >= 11 is 2.10. The van der Waals surface area contributed by atoms with Gasteiger partial charge >= 0.3 is 0 Å². The van der Waals surface area contributed by atoms with Crippen LogP contribution >= 0.6 is 22.6 Å². The maximum Gasteiger partial charge on any atom is 0.147 e. The van der Waals surface area contributed by atoms with Crippen LogP contribution in [0.3, 0.4) is 0 Å². The predicted molar refractivity (Wildman–Crippen MR) is 91.5 cm³/mol. The summed E-state index contributed by atoms with van der Waals surface area (Å²) < 4.78 is 15.0. The number of rotatable bonds is 2. The predicted octanol–water partition coefficient (Wildman–Crippen LogP) is 2.90. The highest BCUT2D eigenvalue weighted by Crippen LogP contribution is 2.29. The lowest BCUT2D eigenvalue weighted by Gasteiger charge is -2.40. The summed E-state index contributed by atoms with van der Waals surface area (Å²) in [6.07, 6.45) is 5.64. The van der Waals surface area contributed by atoms with Crippen molar-refractivity contribution in [3.05, 3.63) is 51.1 Å². The second-order valence-electron chi connectivity index (χ2n) is 5.22. The van der Waals surface area contributed by atoms with E-state index in [4.69, 9.17) is 0 Å². The molecule has 4 nitrogen and oxygen atoms in total. The maximum atomic E-state index is 14.1. The van der Waals surface area contributed by atoms with E-state index in [2.05, 4.69) is 49.3 Å².